The van der Waals surface area contributed by atoms with Gasteiger partial charge in [0.1, 0.15) is 0 Å². The quantitative estimate of drug-likeness (QED) is 0.665. The number of hydrogen-bond donors (Lipinski definition) is 0. The van der Waals surface area contributed by atoms with Crippen LogP contribution in [-0.4, -0.2) is 9.55 Å². The Morgan fingerprint density at radius 1 is 1.21 bits per heavy atom. The van der Waals surface area contributed by atoms with E-state index in [1.807, 2.05) is 12.5 Å². The first-order chi connectivity index (χ1) is 6.95. The molecule has 1 aromatic heterocycles. The first-order valence-electron chi connectivity index (χ1n) is 5.01. The predicted molar refractivity (Wildman–Crippen MR) is 55.1 cm³/mol. The minimum absolute atomic E-state index is 0.508. The van der Waals surface area contributed by atoms with Gasteiger partial charge in [0.15, 0.2) is 0 Å². The van der Waals surface area contributed by atoms with Gasteiger partial charge in [0.2, 0.25) is 0 Å². The van der Waals surface area contributed by atoms with E-state index in [0.29, 0.717) is 6.04 Å². The van der Waals surface area contributed by atoms with Crippen LogP contribution in [0.1, 0.15) is 23.7 Å². The van der Waals surface area contributed by atoms with Crippen LogP contribution in [0.25, 0.3) is 0 Å². The standard InChI is InChI=1S/C12H12N2/c1-2-4-10(5-3-1)12-7-6-11-8-13-9-14(11)12/h1-5,8-9,12H,6-7H2/t12-/m1/s1. The summed E-state index contributed by atoms with van der Waals surface area (Å²) in [5, 5.41) is 0. The van der Waals surface area contributed by atoms with Gasteiger partial charge in [-0.15, -0.1) is 0 Å². The number of fused-ring (bicyclic) bond motifs is 1. The van der Waals surface area contributed by atoms with Gasteiger partial charge in [0.05, 0.1) is 12.4 Å². The molecule has 1 atom stereocenters. The van der Waals surface area contributed by atoms with Gasteiger partial charge in [-0.2, -0.15) is 0 Å². The summed E-state index contributed by atoms with van der Waals surface area (Å²) in [4.78, 5) is 4.18. The van der Waals surface area contributed by atoms with E-state index >= 15 is 0 Å². The summed E-state index contributed by atoms with van der Waals surface area (Å²) in [5.41, 5.74) is 2.75. The van der Waals surface area contributed by atoms with Crippen molar-refractivity contribution in [2.45, 2.75) is 18.9 Å². The molecule has 0 saturated heterocycles. The van der Waals surface area contributed by atoms with Gasteiger partial charge >= 0.3 is 0 Å². The van der Waals surface area contributed by atoms with Crippen LogP contribution >= 0.6 is 0 Å². The smallest absolute Gasteiger partial charge is 0.0953 e. The Hall–Kier alpha value is -1.57. The van der Waals surface area contributed by atoms with Crippen LogP contribution in [0.15, 0.2) is 42.9 Å². The third-order valence-corrected chi connectivity index (χ3v) is 2.94. The molecule has 0 radical (unpaired) electrons. The molecule has 2 heteroatoms. The second kappa shape index (κ2) is 2.98. The van der Waals surface area contributed by atoms with Crippen LogP contribution in [0.3, 0.4) is 0 Å². The number of hydrogen-bond acceptors (Lipinski definition) is 1. The molecule has 0 unspecified atom stereocenters. The molecule has 0 N–H and O–H groups in total. The molecule has 70 valence electrons. The highest BCUT2D eigenvalue weighted by molar-refractivity contribution is 5.23. The molecule has 2 heterocycles. The third kappa shape index (κ3) is 1.07. The zero-order chi connectivity index (χ0) is 9.38. The SMILES string of the molecule is c1ccc([C@H]2CCc3cncn32)cc1. The van der Waals surface area contributed by atoms with Crippen LogP contribution in [0.5, 0.6) is 0 Å². The topological polar surface area (TPSA) is 17.8 Å². The van der Waals surface area contributed by atoms with E-state index < -0.39 is 0 Å². The van der Waals surface area contributed by atoms with Gasteiger partial charge in [-0.25, -0.2) is 4.98 Å². The summed E-state index contributed by atoms with van der Waals surface area (Å²) in [7, 11) is 0. The van der Waals surface area contributed by atoms with E-state index in [4.69, 9.17) is 0 Å². The van der Waals surface area contributed by atoms with Gasteiger partial charge in [0, 0.05) is 11.9 Å². The van der Waals surface area contributed by atoms with Crippen molar-refractivity contribution in [2.24, 2.45) is 0 Å². The fraction of sp³-hybridized carbons (Fsp3) is 0.250. The molecular weight excluding hydrogens is 172 g/mol. The summed E-state index contributed by atoms with van der Waals surface area (Å²) in [6.07, 6.45) is 6.28. The largest absolute Gasteiger partial charge is 0.327 e. The van der Waals surface area contributed by atoms with Crippen molar-refractivity contribution < 1.29 is 0 Å². The monoisotopic (exact) mass is 184 g/mol. The number of rotatable bonds is 1. The molecule has 0 saturated carbocycles. The van der Waals surface area contributed by atoms with E-state index in [-0.39, 0.29) is 0 Å². The summed E-state index contributed by atoms with van der Waals surface area (Å²) in [6, 6.07) is 11.2. The first kappa shape index (κ1) is 7.80. The Morgan fingerprint density at radius 2 is 2.07 bits per heavy atom. The molecule has 3 rings (SSSR count). The summed E-state index contributed by atoms with van der Waals surface area (Å²) >= 11 is 0. The van der Waals surface area contributed by atoms with Gasteiger partial charge in [-0.1, -0.05) is 30.3 Å². The zero-order valence-electron chi connectivity index (χ0n) is 7.93. The minimum Gasteiger partial charge on any atom is -0.327 e. The normalized spacial score (nSPS) is 19.6. The lowest BCUT2D eigenvalue weighted by molar-refractivity contribution is 0.616. The summed E-state index contributed by atoms with van der Waals surface area (Å²) in [6.45, 7) is 0. The summed E-state index contributed by atoms with van der Waals surface area (Å²) in [5.74, 6) is 0. The molecule has 1 aliphatic heterocycles. The molecule has 1 aromatic carbocycles. The lowest BCUT2D eigenvalue weighted by Gasteiger charge is -2.12. The van der Waals surface area contributed by atoms with E-state index in [1.54, 1.807) is 0 Å². The highest BCUT2D eigenvalue weighted by atomic mass is 15.1. The second-order valence-electron chi connectivity index (χ2n) is 3.76. The molecule has 0 spiro atoms. The molecule has 1 aliphatic rings. The average molecular weight is 184 g/mol. The predicted octanol–water partition coefficient (Wildman–Crippen LogP) is 2.42. The van der Waals surface area contributed by atoms with Crippen molar-refractivity contribution in [3.63, 3.8) is 0 Å². The molecule has 0 bridgehead atoms. The van der Waals surface area contributed by atoms with Crippen molar-refractivity contribution >= 4 is 0 Å². The number of imidazole rings is 1. The molecular formula is C12H12N2. The number of nitrogens with zero attached hydrogens (tertiary/aromatic N) is 2. The Kier molecular flexibility index (Phi) is 1.66. The molecule has 2 aromatic rings. The lowest BCUT2D eigenvalue weighted by Crippen LogP contribution is -2.03. The Balaban J connectivity index is 2.03. The van der Waals surface area contributed by atoms with Crippen molar-refractivity contribution in [3.8, 4) is 0 Å². The summed E-state index contributed by atoms with van der Waals surface area (Å²) < 4.78 is 2.29. The Bertz CT molecular complexity index is 431. The van der Waals surface area contributed by atoms with Crippen LogP contribution in [0.2, 0.25) is 0 Å². The molecule has 2 nitrogen and oxygen atoms in total. The molecule has 14 heavy (non-hydrogen) atoms. The number of aromatic nitrogens is 2. The van der Waals surface area contributed by atoms with Gasteiger partial charge in [-0.05, 0) is 18.4 Å². The van der Waals surface area contributed by atoms with Crippen molar-refractivity contribution in [2.75, 3.05) is 0 Å². The second-order valence-corrected chi connectivity index (χ2v) is 3.76. The maximum Gasteiger partial charge on any atom is 0.0953 e. The van der Waals surface area contributed by atoms with Gasteiger partial charge in [0.25, 0.3) is 0 Å². The average Bonchev–Trinajstić information content (AvgIpc) is 2.79. The third-order valence-electron chi connectivity index (χ3n) is 2.94. The first-order valence-corrected chi connectivity index (χ1v) is 5.01. The maximum absolute atomic E-state index is 4.18. The van der Waals surface area contributed by atoms with Crippen molar-refractivity contribution in [1.29, 1.82) is 0 Å². The fourth-order valence-electron chi connectivity index (χ4n) is 2.23. The van der Waals surface area contributed by atoms with Crippen LogP contribution < -0.4 is 0 Å². The van der Waals surface area contributed by atoms with E-state index in [0.717, 1.165) is 6.42 Å². The van der Waals surface area contributed by atoms with Crippen LogP contribution in [0, 0.1) is 0 Å². The Labute approximate surface area is 83.2 Å². The van der Waals surface area contributed by atoms with Crippen LogP contribution in [-0.2, 0) is 6.42 Å². The minimum atomic E-state index is 0.508. The van der Waals surface area contributed by atoms with E-state index in [9.17, 15) is 0 Å². The van der Waals surface area contributed by atoms with E-state index in [1.165, 1.54) is 17.7 Å². The highest BCUT2D eigenvalue weighted by Crippen LogP contribution is 2.30. The van der Waals surface area contributed by atoms with Crippen molar-refractivity contribution in [3.05, 3.63) is 54.1 Å². The van der Waals surface area contributed by atoms with Crippen molar-refractivity contribution in [1.82, 2.24) is 9.55 Å². The number of benzene rings is 1. The molecule has 0 aliphatic carbocycles. The van der Waals surface area contributed by atoms with E-state index in [2.05, 4.69) is 39.9 Å². The number of aryl methyl sites for hydroxylation is 1. The van der Waals surface area contributed by atoms with Gasteiger partial charge in [-0.3, -0.25) is 0 Å². The zero-order valence-corrected chi connectivity index (χ0v) is 7.93. The van der Waals surface area contributed by atoms with Gasteiger partial charge < -0.3 is 4.57 Å². The maximum atomic E-state index is 4.18. The fourth-order valence-corrected chi connectivity index (χ4v) is 2.23. The lowest BCUT2D eigenvalue weighted by atomic mass is 10.1. The Morgan fingerprint density at radius 3 is 2.93 bits per heavy atom. The highest BCUT2D eigenvalue weighted by Gasteiger charge is 2.22. The molecule has 0 fully saturated rings. The molecule has 0 amide bonds. The van der Waals surface area contributed by atoms with Crippen LogP contribution in [0.4, 0.5) is 0 Å².